The Morgan fingerprint density at radius 3 is 2.33 bits per heavy atom. The van der Waals surface area contributed by atoms with Gasteiger partial charge in [0.25, 0.3) is 0 Å². The summed E-state index contributed by atoms with van der Waals surface area (Å²) in [6.07, 6.45) is 0. The number of methoxy groups -OCH3 is 1. The number of benzene rings is 2. The molecule has 0 aliphatic rings. The second-order valence-electron chi connectivity index (χ2n) is 6.14. The highest BCUT2D eigenvalue weighted by molar-refractivity contribution is 6.08. The van der Waals surface area contributed by atoms with Gasteiger partial charge in [-0.1, -0.05) is 18.2 Å². The van der Waals surface area contributed by atoms with Gasteiger partial charge in [0.05, 0.1) is 24.9 Å². The van der Waals surface area contributed by atoms with E-state index < -0.39 is 0 Å². The average molecular weight is 366 g/mol. The van der Waals surface area contributed by atoms with Crippen molar-refractivity contribution in [1.29, 1.82) is 0 Å². The fourth-order valence-corrected chi connectivity index (χ4v) is 3.47. The average Bonchev–Trinajstić information content (AvgIpc) is 3.04. The lowest BCUT2D eigenvalue weighted by Crippen LogP contribution is -2.25. The van der Waals surface area contributed by atoms with Crippen LogP contribution in [0.3, 0.4) is 0 Å². The van der Waals surface area contributed by atoms with Crippen LogP contribution in [0.25, 0.3) is 16.6 Å². The largest absolute Gasteiger partial charge is 0.497 e. The van der Waals surface area contributed by atoms with Crippen molar-refractivity contribution in [2.75, 3.05) is 31.7 Å². The van der Waals surface area contributed by atoms with Crippen LogP contribution in [0.2, 0.25) is 0 Å². The number of nitrogens with zero attached hydrogens (tertiary/aromatic N) is 2. The molecule has 142 valence electrons. The molecule has 0 aliphatic heterocycles. The van der Waals surface area contributed by atoms with E-state index in [0.29, 0.717) is 12.3 Å². The maximum Gasteiger partial charge on any atom is 0.357 e. The van der Waals surface area contributed by atoms with Crippen molar-refractivity contribution in [3.05, 3.63) is 54.2 Å². The van der Waals surface area contributed by atoms with Crippen LogP contribution in [0, 0.1) is 0 Å². The number of carbonyl (C=O) groups is 1. The van der Waals surface area contributed by atoms with E-state index in [1.807, 2.05) is 60.0 Å². The molecule has 0 aliphatic carbocycles. The SMILES string of the molecule is CCOC(=O)c1c(N(CC)CC)c2cc(OC)ccc2n1-c1ccccc1. The van der Waals surface area contributed by atoms with Crippen LogP contribution in [0.1, 0.15) is 31.3 Å². The molecule has 0 bridgehead atoms. The van der Waals surface area contributed by atoms with Crippen LogP contribution in [0.15, 0.2) is 48.5 Å². The zero-order valence-electron chi connectivity index (χ0n) is 16.4. The molecule has 0 radical (unpaired) electrons. The van der Waals surface area contributed by atoms with E-state index in [4.69, 9.17) is 9.47 Å². The molecule has 0 unspecified atom stereocenters. The first-order valence-electron chi connectivity index (χ1n) is 9.36. The van der Waals surface area contributed by atoms with Gasteiger partial charge in [0.1, 0.15) is 5.75 Å². The first-order valence-corrected chi connectivity index (χ1v) is 9.36. The highest BCUT2D eigenvalue weighted by Crippen LogP contribution is 2.38. The molecule has 0 saturated heterocycles. The lowest BCUT2D eigenvalue weighted by molar-refractivity contribution is 0.0518. The molecule has 0 fully saturated rings. The van der Waals surface area contributed by atoms with Crippen molar-refractivity contribution in [1.82, 2.24) is 4.57 Å². The molecule has 1 heterocycles. The topological polar surface area (TPSA) is 43.7 Å². The molecule has 0 saturated carbocycles. The maximum absolute atomic E-state index is 13.0. The monoisotopic (exact) mass is 366 g/mol. The van der Waals surface area contributed by atoms with Gasteiger partial charge < -0.3 is 18.9 Å². The van der Waals surface area contributed by atoms with Crippen molar-refractivity contribution in [3.63, 3.8) is 0 Å². The minimum atomic E-state index is -0.321. The molecule has 0 N–H and O–H groups in total. The van der Waals surface area contributed by atoms with Crippen molar-refractivity contribution >= 4 is 22.6 Å². The number of rotatable bonds is 7. The summed E-state index contributed by atoms with van der Waals surface area (Å²) >= 11 is 0. The number of ether oxygens (including phenoxy) is 2. The predicted molar refractivity (Wildman–Crippen MR) is 109 cm³/mol. The molecule has 0 spiro atoms. The number of hydrogen-bond acceptors (Lipinski definition) is 4. The second kappa shape index (κ2) is 8.16. The van der Waals surface area contributed by atoms with E-state index in [9.17, 15) is 4.79 Å². The zero-order valence-corrected chi connectivity index (χ0v) is 16.4. The Kier molecular flexibility index (Phi) is 5.69. The van der Waals surface area contributed by atoms with Crippen molar-refractivity contribution < 1.29 is 14.3 Å². The van der Waals surface area contributed by atoms with Gasteiger partial charge >= 0.3 is 5.97 Å². The summed E-state index contributed by atoms with van der Waals surface area (Å²) in [5.41, 5.74) is 3.31. The van der Waals surface area contributed by atoms with E-state index in [-0.39, 0.29) is 5.97 Å². The van der Waals surface area contributed by atoms with Gasteiger partial charge in [-0.05, 0) is 51.1 Å². The Bertz CT molecular complexity index is 928. The molecule has 2 aromatic carbocycles. The normalized spacial score (nSPS) is 10.8. The molecule has 3 aromatic rings. The summed E-state index contributed by atoms with van der Waals surface area (Å²) in [6, 6.07) is 15.8. The fraction of sp³-hybridized carbons (Fsp3) is 0.318. The molecule has 1 aromatic heterocycles. The van der Waals surface area contributed by atoms with Crippen molar-refractivity contribution in [3.8, 4) is 11.4 Å². The molecule has 0 atom stereocenters. The van der Waals surface area contributed by atoms with E-state index in [1.165, 1.54) is 0 Å². The highest BCUT2D eigenvalue weighted by atomic mass is 16.5. The number of esters is 1. The number of carbonyl (C=O) groups excluding carboxylic acids is 1. The van der Waals surface area contributed by atoms with Crippen LogP contribution in [0.5, 0.6) is 5.75 Å². The lowest BCUT2D eigenvalue weighted by Gasteiger charge is -2.22. The van der Waals surface area contributed by atoms with Gasteiger partial charge in [-0.2, -0.15) is 0 Å². The van der Waals surface area contributed by atoms with E-state index in [0.717, 1.165) is 41.1 Å². The molecule has 0 amide bonds. The predicted octanol–water partition coefficient (Wildman–Crippen LogP) is 4.66. The second-order valence-corrected chi connectivity index (χ2v) is 6.14. The van der Waals surface area contributed by atoms with E-state index >= 15 is 0 Å². The molecular weight excluding hydrogens is 340 g/mol. The Morgan fingerprint density at radius 2 is 1.74 bits per heavy atom. The van der Waals surface area contributed by atoms with Gasteiger partial charge in [0, 0.05) is 24.2 Å². The molecule has 5 nitrogen and oxygen atoms in total. The Morgan fingerprint density at radius 1 is 1.04 bits per heavy atom. The summed E-state index contributed by atoms with van der Waals surface area (Å²) in [4.78, 5) is 15.2. The lowest BCUT2D eigenvalue weighted by atomic mass is 10.2. The quantitative estimate of drug-likeness (QED) is 0.570. The van der Waals surface area contributed by atoms with Gasteiger partial charge in [-0.15, -0.1) is 0 Å². The summed E-state index contributed by atoms with van der Waals surface area (Å²) < 4.78 is 12.9. The Hall–Kier alpha value is -2.95. The molecule has 3 rings (SSSR count). The fourth-order valence-electron chi connectivity index (χ4n) is 3.47. The number of aromatic nitrogens is 1. The summed E-state index contributed by atoms with van der Waals surface area (Å²) in [7, 11) is 1.65. The van der Waals surface area contributed by atoms with Gasteiger partial charge in [-0.25, -0.2) is 4.79 Å². The number of hydrogen-bond donors (Lipinski definition) is 0. The first kappa shape index (κ1) is 18.8. The van der Waals surface area contributed by atoms with Crippen LogP contribution in [-0.2, 0) is 4.74 Å². The molecule has 5 heteroatoms. The summed E-state index contributed by atoms with van der Waals surface area (Å²) in [5.74, 6) is 0.440. The zero-order chi connectivity index (χ0) is 19.4. The van der Waals surface area contributed by atoms with E-state index in [2.05, 4.69) is 18.7 Å². The van der Waals surface area contributed by atoms with Gasteiger partial charge in [-0.3, -0.25) is 0 Å². The van der Waals surface area contributed by atoms with Crippen LogP contribution < -0.4 is 9.64 Å². The Labute approximate surface area is 160 Å². The van der Waals surface area contributed by atoms with Crippen molar-refractivity contribution in [2.24, 2.45) is 0 Å². The van der Waals surface area contributed by atoms with Crippen LogP contribution in [0.4, 0.5) is 5.69 Å². The van der Waals surface area contributed by atoms with Crippen molar-refractivity contribution in [2.45, 2.75) is 20.8 Å². The third-order valence-corrected chi connectivity index (χ3v) is 4.71. The third kappa shape index (κ3) is 3.37. The summed E-state index contributed by atoms with van der Waals surface area (Å²) in [6.45, 7) is 7.90. The Balaban J connectivity index is 2.43. The van der Waals surface area contributed by atoms with Gasteiger partial charge in [0.2, 0.25) is 0 Å². The van der Waals surface area contributed by atoms with Crippen LogP contribution >= 0.6 is 0 Å². The smallest absolute Gasteiger partial charge is 0.357 e. The number of fused-ring (bicyclic) bond motifs is 1. The minimum absolute atomic E-state index is 0.321. The minimum Gasteiger partial charge on any atom is -0.497 e. The van der Waals surface area contributed by atoms with E-state index in [1.54, 1.807) is 7.11 Å². The van der Waals surface area contributed by atoms with Crippen LogP contribution in [-0.4, -0.2) is 37.3 Å². The number of para-hydroxylation sites is 1. The third-order valence-electron chi connectivity index (χ3n) is 4.71. The van der Waals surface area contributed by atoms with Gasteiger partial charge in [0.15, 0.2) is 5.69 Å². The molecule has 27 heavy (non-hydrogen) atoms. The standard InChI is InChI=1S/C22H26N2O3/c1-5-23(6-2)20-18-15-17(26-4)13-14-19(18)24(16-11-9-8-10-12-16)21(20)22(25)27-7-3/h8-15H,5-7H2,1-4H3. The summed E-state index contributed by atoms with van der Waals surface area (Å²) in [5, 5.41) is 0.977. The maximum atomic E-state index is 13.0. The first-order chi connectivity index (χ1) is 13.2. The molecular formula is C22H26N2O3. The highest BCUT2D eigenvalue weighted by Gasteiger charge is 2.27. The number of anilines is 1.